The van der Waals surface area contributed by atoms with Crippen molar-refractivity contribution >= 4 is 11.4 Å². The predicted octanol–water partition coefficient (Wildman–Crippen LogP) is 1.92. The van der Waals surface area contributed by atoms with Gasteiger partial charge in [0.05, 0.1) is 17.6 Å². The van der Waals surface area contributed by atoms with Crippen LogP contribution in [0.4, 0.5) is 11.4 Å². The molecular formula is C13H19N3O3. The quantitative estimate of drug-likeness (QED) is 0.649. The molecule has 2 rings (SSSR count). The molecule has 0 radical (unpaired) electrons. The second-order valence-electron chi connectivity index (χ2n) is 4.60. The van der Waals surface area contributed by atoms with E-state index in [1.165, 1.54) is 6.07 Å². The Balaban J connectivity index is 2.35. The minimum atomic E-state index is -0.389. The van der Waals surface area contributed by atoms with Crippen molar-refractivity contribution < 1.29 is 9.66 Å². The zero-order valence-corrected chi connectivity index (χ0v) is 11.0. The van der Waals surface area contributed by atoms with Crippen LogP contribution in [-0.2, 0) is 0 Å². The number of ether oxygens (including phenoxy) is 1. The highest BCUT2D eigenvalue weighted by atomic mass is 16.6. The molecule has 0 spiro atoms. The van der Waals surface area contributed by atoms with Crippen LogP contribution in [-0.4, -0.2) is 30.7 Å². The number of anilines is 1. The molecule has 1 heterocycles. The number of benzene rings is 1. The molecule has 0 aromatic heterocycles. The van der Waals surface area contributed by atoms with Gasteiger partial charge in [0.2, 0.25) is 0 Å². The van der Waals surface area contributed by atoms with Gasteiger partial charge in [0, 0.05) is 37.0 Å². The van der Waals surface area contributed by atoms with E-state index < -0.39 is 0 Å². The first kappa shape index (κ1) is 13.6. The van der Waals surface area contributed by atoms with Gasteiger partial charge in [0.15, 0.2) is 0 Å². The maximum Gasteiger partial charge on any atom is 0.275 e. The van der Waals surface area contributed by atoms with Crippen molar-refractivity contribution in [3.63, 3.8) is 0 Å². The molecule has 1 aliphatic rings. The molecule has 1 saturated heterocycles. The maximum absolute atomic E-state index is 11.0. The van der Waals surface area contributed by atoms with E-state index in [1.54, 1.807) is 6.07 Å². The van der Waals surface area contributed by atoms with Crippen LogP contribution in [0.5, 0.6) is 5.75 Å². The standard InChI is InChI=1S/C13H19N3O3/c1-2-19-13-7-11(6-12(8-13)16(17)18)15-5-3-4-10(15)9-14/h6-8,10H,2-5,9,14H2,1H3. The van der Waals surface area contributed by atoms with Crippen LogP contribution >= 0.6 is 0 Å². The number of rotatable bonds is 5. The second-order valence-corrected chi connectivity index (χ2v) is 4.60. The molecule has 19 heavy (non-hydrogen) atoms. The Labute approximate surface area is 112 Å². The molecule has 1 aromatic rings. The molecule has 6 nitrogen and oxygen atoms in total. The van der Waals surface area contributed by atoms with E-state index in [0.29, 0.717) is 18.9 Å². The first-order valence-corrected chi connectivity index (χ1v) is 6.54. The molecule has 1 fully saturated rings. The topological polar surface area (TPSA) is 81.6 Å². The Morgan fingerprint density at radius 1 is 1.53 bits per heavy atom. The number of hydrogen-bond acceptors (Lipinski definition) is 5. The first-order valence-electron chi connectivity index (χ1n) is 6.54. The summed E-state index contributed by atoms with van der Waals surface area (Å²) in [7, 11) is 0. The fraction of sp³-hybridized carbons (Fsp3) is 0.538. The third kappa shape index (κ3) is 2.96. The summed E-state index contributed by atoms with van der Waals surface area (Å²) >= 11 is 0. The summed E-state index contributed by atoms with van der Waals surface area (Å²) in [5.74, 6) is 0.536. The van der Waals surface area contributed by atoms with Crippen LogP contribution in [0, 0.1) is 10.1 Å². The van der Waals surface area contributed by atoms with E-state index in [4.69, 9.17) is 10.5 Å². The Morgan fingerprint density at radius 2 is 2.32 bits per heavy atom. The fourth-order valence-electron chi connectivity index (χ4n) is 2.51. The minimum Gasteiger partial charge on any atom is -0.494 e. The van der Waals surface area contributed by atoms with Gasteiger partial charge in [0.25, 0.3) is 5.69 Å². The lowest BCUT2D eigenvalue weighted by atomic mass is 10.2. The molecule has 104 valence electrons. The molecule has 2 N–H and O–H groups in total. The van der Waals surface area contributed by atoms with E-state index in [2.05, 4.69) is 4.90 Å². The zero-order chi connectivity index (χ0) is 13.8. The van der Waals surface area contributed by atoms with Gasteiger partial charge in [-0.15, -0.1) is 0 Å². The highest BCUT2D eigenvalue weighted by molar-refractivity contribution is 5.59. The highest BCUT2D eigenvalue weighted by Gasteiger charge is 2.25. The molecule has 1 unspecified atom stereocenters. The number of hydrogen-bond donors (Lipinski definition) is 1. The number of nitro benzene ring substituents is 1. The summed E-state index contributed by atoms with van der Waals surface area (Å²) in [6, 6.07) is 5.16. The lowest BCUT2D eigenvalue weighted by Crippen LogP contribution is -2.35. The minimum absolute atomic E-state index is 0.0589. The SMILES string of the molecule is CCOc1cc(N2CCCC2CN)cc([N+](=O)[O-])c1. The fourth-order valence-corrected chi connectivity index (χ4v) is 2.51. The average molecular weight is 265 g/mol. The molecule has 1 aliphatic heterocycles. The summed E-state index contributed by atoms with van der Waals surface area (Å²) < 4.78 is 5.40. The predicted molar refractivity (Wildman–Crippen MR) is 73.7 cm³/mol. The Hall–Kier alpha value is -1.82. The largest absolute Gasteiger partial charge is 0.494 e. The summed E-state index contributed by atoms with van der Waals surface area (Å²) in [4.78, 5) is 12.7. The Morgan fingerprint density at radius 3 is 2.95 bits per heavy atom. The van der Waals surface area contributed by atoms with Crippen LogP contribution in [0.2, 0.25) is 0 Å². The van der Waals surface area contributed by atoms with Gasteiger partial charge >= 0.3 is 0 Å². The lowest BCUT2D eigenvalue weighted by molar-refractivity contribution is -0.384. The number of nitrogens with zero attached hydrogens (tertiary/aromatic N) is 2. The van der Waals surface area contributed by atoms with Crippen LogP contribution < -0.4 is 15.4 Å². The smallest absolute Gasteiger partial charge is 0.275 e. The van der Waals surface area contributed by atoms with Crippen molar-refractivity contribution in [2.45, 2.75) is 25.8 Å². The second kappa shape index (κ2) is 5.88. The molecule has 6 heteroatoms. The van der Waals surface area contributed by atoms with Gasteiger partial charge in [-0.1, -0.05) is 0 Å². The van der Waals surface area contributed by atoms with Crippen LogP contribution in [0.25, 0.3) is 0 Å². The van der Waals surface area contributed by atoms with E-state index in [1.807, 2.05) is 13.0 Å². The summed E-state index contributed by atoms with van der Waals surface area (Å²) in [6.45, 7) is 3.79. The van der Waals surface area contributed by atoms with Crippen molar-refractivity contribution in [3.05, 3.63) is 28.3 Å². The summed E-state index contributed by atoms with van der Waals surface area (Å²) in [5, 5.41) is 11.0. The van der Waals surface area contributed by atoms with Gasteiger partial charge in [-0.3, -0.25) is 10.1 Å². The zero-order valence-electron chi connectivity index (χ0n) is 11.0. The Kier molecular flexibility index (Phi) is 4.21. The van der Waals surface area contributed by atoms with Crippen LogP contribution in [0.1, 0.15) is 19.8 Å². The molecule has 0 saturated carbocycles. The molecule has 1 atom stereocenters. The van der Waals surface area contributed by atoms with Crippen LogP contribution in [0.15, 0.2) is 18.2 Å². The van der Waals surface area contributed by atoms with Crippen molar-refractivity contribution in [3.8, 4) is 5.75 Å². The number of nitrogens with two attached hydrogens (primary N) is 1. The van der Waals surface area contributed by atoms with Gasteiger partial charge in [-0.2, -0.15) is 0 Å². The third-order valence-corrected chi connectivity index (χ3v) is 3.38. The molecule has 0 aliphatic carbocycles. The van der Waals surface area contributed by atoms with Crippen molar-refractivity contribution in [1.82, 2.24) is 0 Å². The number of nitro groups is 1. The van der Waals surface area contributed by atoms with E-state index in [-0.39, 0.29) is 16.7 Å². The lowest BCUT2D eigenvalue weighted by Gasteiger charge is -2.25. The number of non-ortho nitro benzene ring substituents is 1. The third-order valence-electron chi connectivity index (χ3n) is 3.38. The molecule has 1 aromatic carbocycles. The van der Waals surface area contributed by atoms with Crippen molar-refractivity contribution in [2.75, 3.05) is 24.6 Å². The first-order chi connectivity index (χ1) is 9.15. The van der Waals surface area contributed by atoms with Crippen molar-refractivity contribution in [2.24, 2.45) is 5.73 Å². The van der Waals surface area contributed by atoms with Gasteiger partial charge in [-0.05, 0) is 19.8 Å². The van der Waals surface area contributed by atoms with Crippen molar-refractivity contribution in [1.29, 1.82) is 0 Å². The van der Waals surface area contributed by atoms with Gasteiger partial charge < -0.3 is 15.4 Å². The molecule has 0 bridgehead atoms. The van der Waals surface area contributed by atoms with E-state index in [0.717, 1.165) is 25.1 Å². The average Bonchev–Trinajstić information content (AvgIpc) is 2.87. The molecule has 0 amide bonds. The highest BCUT2D eigenvalue weighted by Crippen LogP contribution is 2.32. The van der Waals surface area contributed by atoms with E-state index >= 15 is 0 Å². The summed E-state index contributed by atoms with van der Waals surface area (Å²) in [6.07, 6.45) is 2.09. The summed E-state index contributed by atoms with van der Waals surface area (Å²) in [5.41, 5.74) is 6.63. The van der Waals surface area contributed by atoms with E-state index in [9.17, 15) is 10.1 Å². The maximum atomic E-state index is 11.0. The molecular weight excluding hydrogens is 246 g/mol. The van der Waals surface area contributed by atoms with Gasteiger partial charge in [-0.25, -0.2) is 0 Å². The normalized spacial score (nSPS) is 18.6. The monoisotopic (exact) mass is 265 g/mol. The van der Waals surface area contributed by atoms with Gasteiger partial charge in [0.1, 0.15) is 5.75 Å². The Bertz CT molecular complexity index is 464. The van der Waals surface area contributed by atoms with Crippen LogP contribution in [0.3, 0.4) is 0 Å².